The molecule has 0 heterocycles. The van der Waals surface area contributed by atoms with Crippen molar-refractivity contribution in [1.29, 1.82) is 0 Å². The number of aliphatic carboxylic acids is 1. The summed E-state index contributed by atoms with van der Waals surface area (Å²) in [6, 6.07) is 0. The van der Waals surface area contributed by atoms with Crippen LogP contribution in [0.15, 0.2) is 12.2 Å². The summed E-state index contributed by atoms with van der Waals surface area (Å²) in [5, 5.41) is 7.89. The van der Waals surface area contributed by atoms with E-state index in [0.29, 0.717) is 0 Å². The summed E-state index contributed by atoms with van der Waals surface area (Å²) in [6.07, 6.45) is -0.460. The van der Waals surface area contributed by atoms with Gasteiger partial charge in [-0.15, -0.1) is 0 Å². The third kappa shape index (κ3) is 22.6. The molecular weight excluding hydrogens is 282 g/mol. The first kappa shape index (κ1) is 26.5. The van der Waals surface area contributed by atoms with Gasteiger partial charge in [0.1, 0.15) is 0 Å². The van der Waals surface area contributed by atoms with Crippen LogP contribution < -0.4 is 5.90 Å². The summed E-state index contributed by atoms with van der Waals surface area (Å²) in [5.74, 6) is 3.59. The monoisotopic (exact) mass is 305 g/mol. The zero-order valence-electron chi connectivity index (χ0n) is 10.4. The van der Waals surface area contributed by atoms with Gasteiger partial charge in [-0.1, -0.05) is 14.0 Å². The maximum absolute atomic E-state index is 10.6. The molecule has 0 rings (SSSR count). The molecule has 0 atom stereocenters. The van der Waals surface area contributed by atoms with Gasteiger partial charge in [0, 0.05) is 5.57 Å². The zero-order chi connectivity index (χ0) is 14.1. The Morgan fingerprint density at radius 1 is 1.42 bits per heavy atom. The van der Waals surface area contributed by atoms with E-state index in [2.05, 4.69) is 25.7 Å². The van der Waals surface area contributed by atoms with Gasteiger partial charge in [0.05, 0.1) is 6.10 Å². The molecule has 0 aliphatic rings. The molecule has 0 spiro atoms. The average molecular weight is 305 g/mol. The molecule has 0 aliphatic carbocycles. The number of hydrogen-bond acceptors (Lipinski definition) is 7. The smallest absolute Gasteiger partial charge is 0.402 e. The minimum Gasteiger partial charge on any atom is -0.478 e. The Hall–Kier alpha value is -1.04. The first-order valence-corrected chi connectivity index (χ1v) is 5.73. The van der Waals surface area contributed by atoms with Crippen molar-refractivity contribution in [2.24, 2.45) is 5.90 Å². The van der Waals surface area contributed by atoms with Crippen molar-refractivity contribution in [3.8, 4) is 0 Å². The van der Waals surface area contributed by atoms with Crippen molar-refractivity contribution >= 4 is 16.4 Å². The van der Waals surface area contributed by atoms with E-state index in [1.807, 2.05) is 0 Å². The predicted molar refractivity (Wildman–Crippen MR) is 69.2 cm³/mol. The van der Waals surface area contributed by atoms with E-state index < -0.39 is 29.3 Å². The van der Waals surface area contributed by atoms with Crippen LogP contribution in [0.3, 0.4) is 0 Å². The van der Waals surface area contributed by atoms with Crippen LogP contribution in [-0.2, 0) is 28.4 Å². The summed E-state index contributed by atoms with van der Waals surface area (Å²) < 4.78 is 29.7. The lowest BCUT2D eigenvalue weighted by Gasteiger charge is -2.06. The molecule has 9 nitrogen and oxygen atoms in total. The van der Waals surface area contributed by atoms with Crippen LogP contribution in [0.1, 0.15) is 28.2 Å². The van der Waals surface area contributed by atoms with Gasteiger partial charge in [0.2, 0.25) is 0 Å². The normalized spacial score (nSPS) is 9.53. The molecule has 0 saturated heterocycles. The second kappa shape index (κ2) is 13.4. The highest BCUT2D eigenvalue weighted by Crippen LogP contribution is 1.99. The number of carboxylic acids is 1. The van der Waals surface area contributed by atoms with Crippen molar-refractivity contribution < 1.29 is 37.0 Å². The minimum atomic E-state index is -3.95. The topological polar surface area (TPSA) is 157 Å². The average Bonchev–Trinajstić information content (AvgIpc) is 2.13. The molecule has 0 aliphatic heterocycles. The molecule has 0 radical (unpaired) electrons. The molecule has 5 N–H and O–H groups in total. The second-order valence-corrected chi connectivity index (χ2v) is 4.29. The Kier molecular flexibility index (Phi) is 18.7. The van der Waals surface area contributed by atoms with E-state index in [0.717, 1.165) is 0 Å². The summed E-state index contributed by atoms with van der Waals surface area (Å²) in [5.41, 5.74) is 0.176. The van der Waals surface area contributed by atoms with E-state index in [4.69, 9.17) is 5.11 Å². The fourth-order valence-corrected chi connectivity index (χ4v) is 1.05. The number of carboxylic acid groups (broad SMARTS) is 1. The van der Waals surface area contributed by atoms with Crippen molar-refractivity contribution in [3.05, 3.63) is 12.2 Å². The van der Waals surface area contributed by atoms with Crippen LogP contribution in [0.4, 0.5) is 0 Å². The molecule has 0 unspecified atom stereocenters. The van der Waals surface area contributed by atoms with Crippen molar-refractivity contribution in [2.75, 3.05) is 6.79 Å². The van der Waals surface area contributed by atoms with Crippen molar-refractivity contribution in [1.82, 2.24) is 0 Å². The first-order chi connectivity index (χ1) is 7.62. The molecular formula is C9H23NO8S. The van der Waals surface area contributed by atoms with E-state index >= 15 is 0 Å². The van der Waals surface area contributed by atoms with E-state index in [-0.39, 0.29) is 18.5 Å². The van der Waals surface area contributed by atoms with Crippen LogP contribution in [0, 0.1) is 0 Å². The highest BCUT2D eigenvalue weighted by Gasteiger charge is 2.13. The highest BCUT2D eigenvalue weighted by atomic mass is 32.3. The molecule has 0 aromatic carbocycles. The summed E-state index contributed by atoms with van der Waals surface area (Å²) in [7, 11) is -3.95. The van der Waals surface area contributed by atoms with Gasteiger partial charge < -0.3 is 10.6 Å². The number of nitrogens with two attached hydrogens (primary N) is 1. The fourth-order valence-electron chi connectivity index (χ4n) is 0.350. The Labute approximate surface area is 113 Å². The quantitative estimate of drug-likeness (QED) is 0.393. The van der Waals surface area contributed by atoms with Crippen LogP contribution >= 0.6 is 0 Å². The molecule has 0 saturated carbocycles. The Bertz CT molecular complexity index is 326. The predicted octanol–water partition coefficient (Wildman–Crippen LogP) is -0.0209. The SMILES string of the molecule is C.C=C(C)C(=O)O.CC(C)OS(=O)(=O)OCON.O. The molecule has 0 fully saturated rings. The molecule has 0 amide bonds. The van der Waals surface area contributed by atoms with E-state index in [1.54, 1.807) is 13.8 Å². The van der Waals surface area contributed by atoms with E-state index in [1.165, 1.54) is 6.92 Å². The molecule has 0 aromatic rings. The van der Waals surface area contributed by atoms with Gasteiger partial charge in [-0.2, -0.15) is 8.42 Å². The van der Waals surface area contributed by atoms with Crippen LogP contribution in [0.5, 0.6) is 0 Å². The maximum atomic E-state index is 10.6. The lowest BCUT2D eigenvalue weighted by molar-refractivity contribution is -0.132. The number of rotatable bonds is 6. The van der Waals surface area contributed by atoms with Gasteiger partial charge in [-0.3, -0.25) is 4.84 Å². The second-order valence-electron chi connectivity index (χ2n) is 3.04. The van der Waals surface area contributed by atoms with Gasteiger partial charge in [-0.05, 0) is 20.8 Å². The molecule has 10 heteroatoms. The fraction of sp³-hybridized carbons (Fsp3) is 0.667. The number of hydrogen-bond donors (Lipinski definition) is 2. The van der Waals surface area contributed by atoms with E-state index in [9.17, 15) is 13.2 Å². The Morgan fingerprint density at radius 2 is 1.79 bits per heavy atom. The van der Waals surface area contributed by atoms with Gasteiger partial charge in [0.15, 0.2) is 6.79 Å². The van der Waals surface area contributed by atoms with Crippen LogP contribution in [0.2, 0.25) is 0 Å². The van der Waals surface area contributed by atoms with Crippen molar-refractivity contribution in [2.45, 2.75) is 34.3 Å². The standard InChI is InChI=1S/C4H11NO5S.C4H6O2.CH4.H2O/c1-4(2)10-11(6,7)9-3-8-5;1-3(2)4(5)6;;/h4H,3,5H2,1-2H3;1H2,2H3,(H,5,6);1H4;1H2. The third-order valence-electron chi connectivity index (χ3n) is 0.936. The van der Waals surface area contributed by atoms with Crippen molar-refractivity contribution in [3.63, 3.8) is 0 Å². The minimum absolute atomic E-state index is 0. The summed E-state index contributed by atoms with van der Waals surface area (Å²) in [6.45, 7) is 7.17. The third-order valence-corrected chi connectivity index (χ3v) is 1.94. The molecule has 0 aromatic heterocycles. The summed E-state index contributed by atoms with van der Waals surface area (Å²) >= 11 is 0. The molecule has 118 valence electrons. The first-order valence-electron chi connectivity index (χ1n) is 4.40. The lowest BCUT2D eigenvalue weighted by Crippen LogP contribution is -2.17. The Balaban J connectivity index is -0.000000123. The Morgan fingerprint density at radius 3 is 2.00 bits per heavy atom. The summed E-state index contributed by atoms with van der Waals surface area (Å²) in [4.78, 5) is 13.5. The molecule has 0 bridgehead atoms. The van der Waals surface area contributed by atoms with Gasteiger partial charge in [-0.25, -0.2) is 19.1 Å². The van der Waals surface area contributed by atoms with Crippen LogP contribution in [-0.4, -0.2) is 37.9 Å². The number of carbonyl (C=O) groups is 1. The largest absolute Gasteiger partial charge is 0.478 e. The zero-order valence-corrected chi connectivity index (χ0v) is 11.2. The lowest BCUT2D eigenvalue weighted by atomic mass is 10.4. The molecule has 19 heavy (non-hydrogen) atoms. The highest BCUT2D eigenvalue weighted by molar-refractivity contribution is 7.81. The van der Waals surface area contributed by atoms with Crippen LogP contribution in [0.25, 0.3) is 0 Å². The van der Waals surface area contributed by atoms with Gasteiger partial charge >= 0.3 is 16.4 Å². The maximum Gasteiger partial charge on any atom is 0.402 e. The van der Waals surface area contributed by atoms with Gasteiger partial charge in [0.25, 0.3) is 0 Å².